The number of hydrogen-bond acceptors (Lipinski definition) is 2. The normalized spacial score (nSPS) is 12.1. The van der Waals surface area contributed by atoms with Crippen molar-refractivity contribution in [1.29, 1.82) is 0 Å². The molecule has 1 aromatic rings. The van der Waals surface area contributed by atoms with Crippen LogP contribution in [-0.4, -0.2) is 6.47 Å². The van der Waals surface area contributed by atoms with Crippen LogP contribution in [0.15, 0.2) is 24.3 Å². The Balaban J connectivity index is 2.69. The second-order valence-electron chi connectivity index (χ2n) is 3.74. The Bertz CT molecular complexity index is 290. The average molecular weight is 205 g/mol. The smallest absolute Gasteiger partial charge is 0.418 e. The maximum absolute atomic E-state index is 10.3. The van der Waals surface area contributed by atoms with Crippen LogP contribution in [0.25, 0.3) is 0 Å². The fourth-order valence-electron chi connectivity index (χ4n) is 1.52. The van der Waals surface area contributed by atoms with Gasteiger partial charge in [-0.05, 0) is 25.3 Å². The molecular weight excluding hydrogens is 188 g/mol. The fourth-order valence-corrected chi connectivity index (χ4v) is 1.52. The molecule has 0 heterocycles. The van der Waals surface area contributed by atoms with E-state index in [1.165, 1.54) is 12.0 Å². The number of rotatable bonds is 6. The Morgan fingerprint density at radius 3 is 2.53 bits per heavy atom. The van der Waals surface area contributed by atoms with Gasteiger partial charge in [0.2, 0.25) is 0 Å². The summed E-state index contributed by atoms with van der Waals surface area (Å²) in [4.78, 5) is 10.3. The molecular formula is C13H17O2. The van der Waals surface area contributed by atoms with Gasteiger partial charge in [-0.25, -0.2) is 4.79 Å². The molecule has 0 aromatic heterocycles. The van der Waals surface area contributed by atoms with Gasteiger partial charge < -0.3 is 4.74 Å². The van der Waals surface area contributed by atoms with Crippen molar-refractivity contribution in [3.8, 4) is 0 Å². The SMILES string of the molecule is CCCCC(O[C]=O)c1ccc(C)cc1. The van der Waals surface area contributed by atoms with Crippen LogP contribution < -0.4 is 0 Å². The number of carbonyl (C=O) groups excluding carboxylic acids is 1. The summed E-state index contributed by atoms with van der Waals surface area (Å²) >= 11 is 0. The van der Waals surface area contributed by atoms with Crippen molar-refractivity contribution in [1.82, 2.24) is 0 Å². The van der Waals surface area contributed by atoms with E-state index in [1.807, 2.05) is 31.2 Å². The molecule has 0 amide bonds. The lowest BCUT2D eigenvalue weighted by Gasteiger charge is -2.14. The van der Waals surface area contributed by atoms with E-state index < -0.39 is 0 Å². The second kappa shape index (κ2) is 6.23. The highest BCUT2D eigenvalue weighted by Gasteiger charge is 2.11. The highest BCUT2D eigenvalue weighted by molar-refractivity contribution is 5.40. The van der Waals surface area contributed by atoms with Crippen LogP contribution in [0.4, 0.5) is 0 Å². The molecule has 1 atom stereocenters. The molecule has 1 unspecified atom stereocenters. The summed E-state index contributed by atoms with van der Waals surface area (Å²) in [5, 5.41) is 0. The minimum Gasteiger partial charge on any atom is -0.449 e. The highest BCUT2D eigenvalue weighted by Crippen LogP contribution is 2.22. The second-order valence-corrected chi connectivity index (χ2v) is 3.74. The first-order valence-corrected chi connectivity index (χ1v) is 5.37. The summed E-state index contributed by atoms with van der Waals surface area (Å²) in [5.41, 5.74) is 2.26. The minimum atomic E-state index is -0.136. The first-order valence-electron chi connectivity index (χ1n) is 5.37. The van der Waals surface area contributed by atoms with Gasteiger partial charge in [0.25, 0.3) is 0 Å². The van der Waals surface area contributed by atoms with Gasteiger partial charge in [-0.15, -0.1) is 0 Å². The van der Waals surface area contributed by atoms with Gasteiger partial charge in [0.15, 0.2) is 0 Å². The van der Waals surface area contributed by atoms with Crippen LogP contribution in [-0.2, 0) is 9.53 Å². The van der Waals surface area contributed by atoms with E-state index in [9.17, 15) is 4.79 Å². The number of ether oxygens (including phenoxy) is 1. The van der Waals surface area contributed by atoms with E-state index in [2.05, 4.69) is 6.92 Å². The van der Waals surface area contributed by atoms with Crippen molar-refractivity contribution in [3.63, 3.8) is 0 Å². The molecule has 2 nitrogen and oxygen atoms in total. The lowest BCUT2D eigenvalue weighted by molar-refractivity contribution is 0.166. The zero-order valence-corrected chi connectivity index (χ0v) is 9.32. The Kier molecular flexibility index (Phi) is 4.88. The molecule has 0 aliphatic carbocycles. The Morgan fingerprint density at radius 2 is 2.00 bits per heavy atom. The van der Waals surface area contributed by atoms with E-state index in [-0.39, 0.29) is 6.10 Å². The zero-order chi connectivity index (χ0) is 11.1. The van der Waals surface area contributed by atoms with Crippen molar-refractivity contribution in [2.24, 2.45) is 0 Å². The van der Waals surface area contributed by atoms with Crippen LogP contribution in [0.1, 0.15) is 43.4 Å². The summed E-state index contributed by atoms with van der Waals surface area (Å²) in [6.45, 7) is 5.70. The quantitative estimate of drug-likeness (QED) is 0.712. The summed E-state index contributed by atoms with van der Waals surface area (Å²) < 4.78 is 4.96. The Labute approximate surface area is 91.3 Å². The van der Waals surface area contributed by atoms with E-state index in [4.69, 9.17) is 4.74 Å². The van der Waals surface area contributed by atoms with Crippen molar-refractivity contribution < 1.29 is 9.53 Å². The number of hydrogen-bond donors (Lipinski definition) is 0. The van der Waals surface area contributed by atoms with Gasteiger partial charge in [0, 0.05) is 0 Å². The van der Waals surface area contributed by atoms with Crippen LogP contribution in [0.5, 0.6) is 0 Å². The molecule has 1 aromatic carbocycles. The van der Waals surface area contributed by atoms with Crippen molar-refractivity contribution in [2.75, 3.05) is 0 Å². The predicted octanol–water partition coefficient (Wildman–Crippen LogP) is 3.31. The van der Waals surface area contributed by atoms with Crippen molar-refractivity contribution in [2.45, 2.75) is 39.2 Å². The lowest BCUT2D eigenvalue weighted by atomic mass is 10.0. The van der Waals surface area contributed by atoms with E-state index in [0.717, 1.165) is 24.8 Å². The van der Waals surface area contributed by atoms with Crippen LogP contribution >= 0.6 is 0 Å². The van der Waals surface area contributed by atoms with Gasteiger partial charge in [-0.3, -0.25) is 0 Å². The molecule has 1 rings (SSSR count). The fraction of sp³-hybridized carbons (Fsp3) is 0.462. The Morgan fingerprint density at radius 1 is 1.33 bits per heavy atom. The molecule has 0 fully saturated rings. The summed E-state index contributed by atoms with van der Waals surface area (Å²) in [6.07, 6.45) is 2.89. The van der Waals surface area contributed by atoms with Gasteiger partial charge in [0.05, 0.1) is 0 Å². The van der Waals surface area contributed by atoms with Crippen LogP contribution in [0.2, 0.25) is 0 Å². The van der Waals surface area contributed by atoms with Crippen molar-refractivity contribution >= 4 is 6.47 Å². The van der Waals surface area contributed by atoms with Gasteiger partial charge in [-0.2, -0.15) is 0 Å². The predicted molar refractivity (Wildman–Crippen MR) is 60.2 cm³/mol. The molecule has 0 saturated carbocycles. The molecule has 0 saturated heterocycles. The van der Waals surface area contributed by atoms with Gasteiger partial charge in [0.1, 0.15) is 6.10 Å². The maximum atomic E-state index is 10.3. The summed E-state index contributed by atoms with van der Waals surface area (Å²) in [6, 6.07) is 8.07. The Hall–Kier alpha value is -1.31. The largest absolute Gasteiger partial charge is 0.449 e. The van der Waals surface area contributed by atoms with Crippen LogP contribution in [0.3, 0.4) is 0 Å². The number of benzene rings is 1. The lowest BCUT2D eigenvalue weighted by Crippen LogP contribution is -2.03. The summed E-state index contributed by atoms with van der Waals surface area (Å²) in [5.74, 6) is 0. The monoisotopic (exact) mass is 205 g/mol. The molecule has 1 radical (unpaired) electrons. The van der Waals surface area contributed by atoms with Crippen molar-refractivity contribution in [3.05, 3.63) is 35.4 Å². The van der Waals surface area contributed by atoms with E-state index in [0.29, 0.717) is 0 Å². The van der Waals surface area contributed by atoms with E-state index in [1.54, 1.807) is 0 Å². The minimum absolute atomic E-state index is 0.136. The molecule has 15 heavy (non-hydrogen) atoms. The van der Waals surface area contributed by atoms with Crippen LogP contribution in [0, 0.1) is 6.92 Å². The number of aryl methyl sites for hydroxylation is 1. The topological polar surface area (TPSA) is 26.3 Å². The third-order valence-corrected chi connectivity index (χ3v) is 2.46. The highest BCUT2D eigenvalue weighted by atomic mass is 16.5. The van der Waals surface area contributed by atoms with E-state index >= 15 is 0 Å². The zero-order valence-electron chi connectivity index (χ0n) is 9.32. The molecule has 0 bridgehead atoms. The molecule has 0 aliphatic heterocycles. The van der Waals surface area contributed by atoms with Gasteiger partial charge in [-0.1, -0.05) is 43.2 Å². The molecule has 2 heteroatoms. The molecule has 0 aliphatic rings. The molecule has 0 N–H and O–H groups in total. The van der Waals surface area contributed by atoms with Gasteiger partial charge >= 0.3 is 6.47 Å². The molecule has 0 spiro atoms. The summed E-state index contributed by atoms with van der Waals surface area (Å²) in [7, 11) is 0. The maximum Gasteiger partial charge on any atom is 0.418 e. The standard InChI is InChI=1S/C13H17O2/c1-3-4-5-13(15-10-14)12-8-6-11(2)7-9-12/h6-9,13H,3-5H2,1-2H3. The third kappa shape index (κ3) is 3.74. The number of unbranched alkanes of at least 4 members (excludes halogenated alkanes) is 1. The third-order valence-electron chi connectivity index (χ3n) is 2.46. The average Bonchev–Trinajstić information content (AvgIpc) is 2.25. The first-order chi connectivity index (χ1) is 7.27. The molecule has 81 valence electrons. The first kappa shape index (κ1) is 11.8.